The van der Waals surface area contributed by atoms with E-state index in [9.17, 15) is 0 Å². The quantitative estimate of drug-likeness (QED) is 0.909. The molecule has 2 atom stereocenters. The number of hydrogen-bond acceptors (Lipinski definition) is 3. The van der Waals surface area contributed by atoms with Crippen molar-refractivity contribution in [3.63, 3.8) is 0 Å². The summed E-state index contributed by atoms with van der Waals surface area (Å²) >= 11 is 5.98. The van der Waals surface area contributed by atoms with Crippen molar-refractivity contribution in [1.29, 1.82) is 0 Å². The summed E-state index contributed by atoms with van der Waals surface area (Å²) in [6.45, 7) is 3.44. The molecular weight excluding hydrogens is 248 g/mol. The van der Waals surface area contributed by atoms with Gasteiger partial charge in [0, 0.05) is 36.7 Å². The van der Waals surface area contributed by atoms with E-state index in [4.69, 9.17) is 22.1 Å². The smallest absolute Gasteiger partial charge is 0.0521 e. The van der Waals surface area contributed by atoms with E-state index in [-0.39, 0.29) is 6.04 Å². The van der Waals surface area contributed by atoms with Crippen molar-refractivity contribution in [2.45, 2.75) is 19.0 Å². The predicted molar refractivity (Wildman–Crippen MR) is 74.7 cm³/mol. The third kappa shape index (κ3) is 3.95. The summed E-state index contributed by atoms with van der Waals surface area (Å²) in [4.78, 5) is 2.28. The Bertz CT molecular complexity index is 386. The van der Waals surface area contributed by atoms with E-state index >= 15 is 0 Å². The molecule has 1 aliphatic rings. The Balaban J connectivity index is 1.86. The van der Waals surface area contributed by atoms with Gasteiger partial charge >= 0.3 is 0 Å². The number of hydrogen-bond donors (Lipinski definition) is 1. The van der Waals surface area contributed by atoms with Crippen LogP contribution >= 0.6 is 11.6 Å². The molecular formula is C14H21ClN2O. The minimum absolute atomic E-state index is 0.264. The van der Waals surface area contributed by atoms with Crippen LogP contribution in [0.5, 0.6) is 0 Å². The summed E-state index contributed by atoms with van der Waals surface area (Å²) in [5.74, 6) is 0.433. The molecule has 2 rings (SSSR count). The molecule has 0 saturated carbocycles. The van der Waals surface area contributed by atoms with Crippen LogP contribution in [0.4, 0.5) is 0 Å². The van der Waals surface area contributed by atoms with Crippen molar-refractivity contribution in [1.82, 2.24) is 4.90 Å². The highest BCUT2D eigenvalue weighted by atomic mass is 35.5. The number of nitrogens with two attached hydrogens (primary N) is 1. The van der Waals surface area contributed by atoms with E-state index in [2.05, 4.69) is 18.0 Å². The van der Waals surface area contributed by atoms with Crippen LogP contribution in [-0.4, -0.2) is 37.7 Å². The van der Waals surface area contributed by atoms with Crippen LogP contribution in [0.3, 0.4) is 0 Å². The zero-order valence-electron chi connectivity index (χ0n) is 10.8. The van der Waals surface area contributed by atoms with Gasteiger partial charge in [-0.25, -0.2) is 0 Å². The average Bonchev–Trinajstić information content (AvgIpc) is 2.32. The van der Waals surface area contributed by atoms with Gasteiger partial charge in [0.1, 0.15) is 0 Å². The standard InChI is InChI=1S/C14H21ClN2O/c1-17(8-11-3-2-4-13(15)7-11)9-12-10-18-6-5-14(12)16/h2-4,7,12,14H,5-6,8-10,16H2,1H3. The Morgan fingerprint density at radius 3 is 3.06 bits per heavy atom. The van der Waals surface area contributed by atoms with Gasteiger partial charge in [0.15, 0.2) is 0 Å². The monoisotopic (exact) mass is 268 g/mol. The van der Waals surface area contributed by atoms with Gasteiger partial charge < -0.3 is 15.4 Å². The lowest BCUT2D eigenvalue weighted by atomic mass is 9.96. The third-order valence-electron chi connectivity index (χ3n) is 3.42. The summed E-state index contributed by atoms with van der Waals surface area (Å²) in [5, 5.41) is 0.790. The van der Waals surface area contributed by atoms with Gasteiger partial charge in [-0.1, -0.05) is 23.7 Å². The highest BCUT2D eigenvalue weighted by Crippen LogP contribution is 2.16. The first-order valence-corrected chi connectivity index (χ1v) is 6.79. The molecule has 1 heterocycles. The molecule has 0 spiro atoms. The van der Waals surface area contributed by atoms with Gasteiger partial charge in [-0.05, 0) is 31.2 Å². The number of ether oxygens (including phenoxy) is 1. The molecule has 18 heavy (non-hydrogen) atoms. The van der Waals surface area contributed by atoms with E-state index in [1.165, 1.54) is 5.56 Å². The Labute approximate surface area is 114 Å². The van der Waals surface area contributed by atoms with Gasteiger partial charge in [-0.2, -0.15) is 0 Å². The molecule has 1 aromatic carbocycles. The van der Waals surface area contributed by atoms with E-state index in [1.807, 2.05) is 18.2 Å². The van der Waals surface area contributed by atoms with E-state index < -0.39 is 0 Å². The van der Waals surface area contributed by atoms with Crippen molar-refractivity contribution in [3.8, 4) is 0 Å². The topological polar surface area (TPSA) is 38.5 Å². The first kappa shape index (κ1) is 13.8. The van der Waals surface area contributed by atoms with E-state index in [1.54, 1.807) is 0 Å². The maximum Gasteiger partial charge on any atom is 0.0521 e. The molecule has 1 aromatic rings. The van der Waals surface area contributed by atoms with Crippen LogP contribution in [0.25, 0.3) is 0 Å². The number of benzene rings is 1. The highest BCUT2D eigenvalue weighted by molar-refractivity contribution is 6.30. The normalized spacial score (nSPS) is 24.4. The maximum absolute atomic E-state index is 6.12. The molecule has 4 heteroatoms. The second-order valence-corrected chi connectivity index (χ2v) is 5.55. The highest BCUT2D eigenvalue weighted by Gasteiger charge is 2.23. The fourth-order valence-electron chi connectivity index (χ4n) is 2.41. The van der Waals surface area contributed by atoms with Crippen molar-refractivity contribution in [2.24, 2.45) is 11.7 Å². The molecule has 0 aromatic heterocycles. The SMILES string of the molecule is CN(Cc1cccc(Cl)c1)CC1COCCC1N. The minimum atomic E-state index is 0.264. The molecule has 100 valence electrons. The fraction of sp³-hybridized carbons (Fsp3) is 0.571. The van der Waals surface area contributed by atoms with Crippen molar-refractivity contribution in [3.05, 3.63) is 34.9 Å². The Morgan fingerprint density at radius 2 is 2.33 bits per heavy atom. The van der Waals surface area contributed by atoms with Crippen LogP contribution in [0.1, 0.15) is 12.0 Å². The first-order chi connectivity index (χ1) is 8.65. The second kappa shape index (κ2) is 6.53. The first-order valence-electron chi connectivity index (χ1n) is 6.41. The van der Waals surface area contributed by atoms with Crippen molar-refractivity contribution < 1.29 is 4.74 Å². The lowest BCUT2D eigenvalue weighted by molar-refractivity contribution is 0.0286. The Kier molecular flexibility index (Phi) is 5.01. The molecule has 0 aliphatic carbocycles. The third-order valence-corrected chi connectivity index (χ3v) is 3.66. The lowest BCUT2D eigenvalue weighted by Gasteiger charge is -2.32. The van der Waals surface area contributed by atoms with Crippen LogP contribution < -0.4 is 5.73 Å². The number of nitrogens with zero attached hydrogens (tertiary/aromatic N) is 1. The van der Waals surface area contributed by atoms with Gasteiger partial charge in [0.25, 0.3) is 0 Å². The molecule has 0 amide bonds. The predicted octanol–water partition coefficient (Wildman–Crippen LogP) is 2.14. The second-order valence-electron chi connectivity index (χ2n) is 5.11. The number of rotatable bonds is 4. The Morgan fingerprint density at radius 1 is 1.50 bits per heavy atom. The summed E-state index contributed by atoms with van der Waals surface area (Å²) in [5.41, 5.74) is 7.35. The van der Waals surface area contributed by atoms with Gasteiger partial charge in [-0.15, -0.1) is 0 Å². The molecule has 0 radical (unpaired) electrons. The van der Waals surface area contributed by atoms with Crippen LogP contribution in [0.2, 0.25) is 5.02 Å². The summed E-state index contributed by atoms with van der Waals surface area (Å²) in [6, 6.07) is 8.26. The molecule has 2 unspecified atom stereocenters. The maximum atomic E-state index is 6.12. The van der Waals surface area contributed by atoms with Crippen LogP contribution in [-0.2, 0) is 11.3 Å². The summed E-state index contributed by atoms with van der Waals surface area (Å²) < 4.78 is 5.49. The number of halogens is 1. The summed E-state index contributed by atoms with van der Waals surface area (Å²) in [6.07, 6.45) is 0.968. The van der Waals surface area contributed by atoms with Gasteiger partial charge in [0.05, 0.1) is 6.61 Å². The lowest BCUT2D eigenvalue weighted by Crippen LogP contribution is -2.44. The van der Waals surface area contributed by atoms with Crippen LogP contribution in [0.15, 0.2) is 24.3 Å². The fourth-order valence-corrected chi connectivity index (χ4v) is 2.63. The zero-order chi connectivity index (χ0) is 13.0. The van der Waals surface area contributed by atoms with Gasteiger partial charge in [-0.3, -0.25) is 0 Å². The zero-order valence-corrected chi connectivity index (χ0v) is 11.6. The summed E-state index contributed by atoms with van der Waals surface area (Å²) in [7, 11) is 2.11. The average molecular weight is 269 g/mol. The molecule has 1 aliphatic heterocycles. The van der Waals surface area contributed by atoms with Crippen molar-refractivity contribution >= 4 is 11.6 Å². The van der Waals surface area contributed by atoms with E-state index in [0.717, 1.165) is 37.7 Å². The van der Waals surface area contributed by atoms with E-state index in [0.29, 0.717) is 5.92 Å². The van der Waals surface area contributed by atoms with Gasteiger partial charge in [0.2, 0.25) is 0 Å². The largest absolute Gasteiger partial charge is 0.381 e. The Hall–Kier alpha value is -0.610. The minimum Gasteiger partial charge on any atom is -0.381 e. The molecule has 1 saturated heterocycles. The molecule has 3 nitrogen and oxygen atoms in total. The van der Waals surface area contributed by atoms with Crippen LogP contribution in [0, 0.1) is 5.92 Å². The molecule has 0 bridgehead atoms. The molecule has 1 fully saturated rings. The molecule has 2 N–H and O–H groups in total. The van der Waals surface area contributed by atoms with Crippen molar-refractivity contribution in [2.75, 3.05) is 26.8 Å².